The zero-order chi connectivity index (χ0) is 27.0. The quantitative estimate of drug-likeness (QED) is 0.121. The monoisotopic (exact) mass is 504 g/mol. The van der Waals surface area contributed by atoms with Crippen LogP contribution in [0.3, 0.4) is 0 Å². The summed E-state index contributed by atoms with van der Waals surface area (Å²) in [5, 5.41) is 26.1. The number of nitriles is 2. The van der Waals surface area contributed by atoms with Gasteiger partial charge in [0.1, 0.15) is 11.5 Å². The minimum absolute atomic E-state index is 0.360. The molecule has 0 aliphatic heterocycles. The zero-order valence-corrected chi connectivity index (χ0v) is 23.3. The minimum Gasteiger partial charge on any atom is -0.462 e. The van der Waals surface area contributed by atoms with Gasteiger partial charge in [0, 0.05) is 12.2 Å². The van der Waals surface area contributed by atoms with Crippen LogP contribution in [0.15, 0.2) is 48.5 Å². The number of benzene rings is 2. The summed E-state index contributed by atoms with van der Waals surface area (Å²) in [6, 6.07) is 19.9. The molecule has 0 aliphatic carbocycles. The molecule has 2 aromatic carbocycles. The Morgan fingerprint density at radius 1 is 0.833 bits per heavy atom. The molecule has 2 aromatic rings. The van der Waals surface area contributed by atoms with E-state index in [1.165, 1.54) is 86.7 Å². The van der Waals surface area contributed by atoms with Crippen molar-refractivity contribution in [2.75, 3.05) is 0 Å². The number of terminal acetylenes is 1. The Labute approximate surface area is 223 Å². The SMILES string of the molecule is C#CO.C=S(C#N)C(C)CCCc1ccc(-c2ccc(CCCCCCCCC)cc2)cc1.CC#N. The van der Waals surface area contributed by atoms with Crippen molar-refractivity contribution < 1.29 is 5.11 Å². The molecule has 1 N–H and O–H groups in total. The average Bonchev–Trinajstić information content (AvgIpc) is 2.89. The van der Waals surface area contributed by atoms with Gasteiger partial charge >= 0.3 is 0 Å². The van der Waals surface area contributed by atoms with E-state index in [4.69, 9.17) is 15.6 Å². The van der Waals surface area contributed by atoms with Crippen molar-refractivity contribution in [1.82, 2.24) is 0 Å². The third-order valence-electron chi connectivity index (χ3n) is 5.99. The summed E-state index contributed by atoms with van der Waals surface area (Å²) in [6.45, 7) is 5.84. The highest BCUT2D eigenvalue weighted by Gasteiger charge is 2.05. The molecule has 36 heavy (non-hydrogen) atoms. The van der Waals surface area contributed by atoms with Crippen molar-refractivity contribution in [3.8, 4) is 35.1 Å². The summed E-state index contributed by atoms with van der Waals surface area (Å²) >= 11 is 0. The van der Waals surface area contributed by atoms with Gasteiger partial charge in [0.25, 0.3) is 0 Å². The average molecular weight is 505 g/mol. The molecule has 4 heteroatoms. The van der Waals surface area contributed by atoms with Crippen molar-refractivity contribution in [2.45, 2.75) is 96.7 Å². The van der Waals surface area contributed by atoms with Crippen molar-refractivity contribution in [3.05, 3.63) is 59.7 Å². The Morgan fingerprint density at radius 2 is 1.22 bits per heavy atom. The van der Waals surface area contributed by atoms with E-state index in [1.807, 2.05) is 0 Å². The van der Waals surface area contributed by atoms with Crippen LogP contribution >= 0.6 is 10.5 Å². The second kappa shape index (κ2) is 22.5. The molecular weight excluding hydrogens is 460 g/mol. The Kier molecular flexibility index (Phi) is 20.6. The summed E-state index contributed by atoms with van der Waals surface area (Å²) in [6.07, 6.45) is 19.4. The summed E-state index contributed by atoms with van der Waals surface area (Å²) < 4.78 is 0. The number of hydrogen-bond acceptors (Lipinski definition) is 3. The van der Waals surface area contributed by atoms with E-state index in [0.29, 0.717) is 5.25 Å². The Morgan fingerprint density at radius 3 is 1.64 bits per heavy atom. The number of unbranched alkanes of at least 4 members (excludes halogenated alkanes) is 6. The normalized spacial score (nSPS) is 11.2. The number of nitrogens with zero attached hydrogens (tertiary/aromatic N) is 2. The van der Waals surface area contributed by atoms with Crippen molar-refractivity contribution in [3.63, 3.8) is 0 Å². The van der Waals surface area contributed by atoms with E-state index in [-0.39, 0.29) is 10.5 Å². The molecule has 0 fully saturated rings. The van der Waals surface area contributed by atoms with E-state index >= 15 is 0 Å². The van der Waals surface area contributed by atoms with Gasteiger partial charge < -0.3 is 5.11 Å². The molecule has 0 bridgehead atoms. The first-order valence-electron chi connectivity index (χ1n) is 13.0. The van der Waals surface area contributed by atoms with Gasteiger partial charge in [0.2, 0.25) is 0 Å². The molecule has 0 amide bonds. The van der Waals surface area contributed by atoms with E-state index in [1.54, 1.807) is 6.07 Å². The molecule has 0 radical (unpaired) electrons. The van der Waals surface area contributed by atoms with Gasteiger partial charge in [0.05, 0.1) is 6.07 Å². The van der Waals surface area contributed by atoms with Gasteiger partial charge in [0.15, 0.2) is 0 Å². The third-order valence-corrected chi connectivity index (χ3v) is 7.43. The lowest BCUT2D eigenvalue weighted by Gasteiger charge is -2.10. The van der Waals surface area contributed by atoms with E-state index < -0.39 is 0 Å². The number of hydrogen-bond donors (Lipinski definition) is 1. The number of aliphatic hydroxyl groups excluding tert-OH is 1. The molecule has 0 saturated carbocycles. The largest absolute Gasteiger partial charge is 0.462 e. The fourth-order valence-corrected chi connectivity index (χ4v) is 4.47. The zero-order valence-electron chi connectivity index (χ0n) is 22.5. The molecule has 0 heterocycles. The Balaban J connectivity index is 0.00000185. The molecule has 2 unspecified atom stereocenters. The lowest BCUT2D eigenvalue weighted by atomic mass is 9.99. The number of aryl methyl sites for hydroxylation is 2. The van der Waals surface area contributed by atoms with E-state index in [9.17, 15) is 0 Å². The van der Waals surface area contributed by atoms with Gasteiger partial charge in [-0.2, -0.15) is 10.5 Å². The molecular formula is C32H44N2OS. The maximum absolute atomic E-state index is 8.97. The molecule has 2 atom stereocenters. The maximum atomic E-state index is 8.97. The van der Waals surface area contributed by atoms with Crippen molar-refractivity contribution >= 4 is 16.4 Å². The lowest BCUT2D eigenvalue weighted by Crippen LogP contribution is -1.98. The molecule has 3 nitrogen and oxygen atoms in total. The molecule has 0 saturated heterocycles. The Hall–Kier alpha value is -3.00. The topological polar surface area (TPSA) is 67.8 Å². The molecule has 0 spiro atoms. The fourth-order valence-electron chi connectivity index (χ4n) is 3.84. The number of thiocyanates is 1. The lowest BCUT2D eigenvalue weighted by molar-refractivity contribution is 0.518. The van der Waals surface area contributed by atoms with Crippen LogP contribution in [0.2, 0.25) is 0 Å². The van der Waals surface area contributed by atoms with Gasteiger partial charge in [-0.15, -0.1) is 0 Å². The number of aliphatic hydroxyl groups is 1. The second-order valence-corrected chi connectivity index (χ2v) is 10.7. The number of rotatable bonds is 14. The molecule has 194 valence electrons. The summed E-state index contributed by atoms with van der Waals surface area (Å²) in [5.41, 5.74) is 5.43. The van der Waals surface area contributed by atoms with Gasteiger partial charge in [-0.25, -0.2) is 0 Å². The van der Waals surface area contributed by atoms with Crippen LogP contribution in [0.5, 0.6) is 0 Å². The van der Waals surface area contributed by atoms with Crippen LogP contribution in [0, 0.1) is 34.5 Å². The standard InChI is InChI=1S/C28H39NS.C2H3N.C2H2O/c1-4-5-6-7-8-9-10-13-25-15-19-27(20-16-25)28-21-17-26(18-22-28)14-11-12-24(2)30(3)23-29;2*1-2-3/h15-22,24H,3-14H2,1-2H3;1H3;1,3H. The second-order valence-electron chi connectivity index (χ2n) is 8.84. The Bertz CT molecular complexity index is 948. The van der Waals surface area contributed by atoms with Crippen LogP contribution < -0.4 is 0 Å². The van der Waals surface area contributed by atoms with Gasteiger partial charge in [-0.05, 0) is 54.4 Å². The van der Waals surface area contributed by atoms with Gasteiger partial charge in [-0.3, -0.25) is 0 Å². The maximum Gasteiger partial charge on any atom is 0.126 e. The first kappa shape index (κ1) is 33.0. The third kappa shape index (κ3) is 15.8. The first-order valence-corrected chi connectivity index (χ1v) is 14.4. The fraction of sp³-hybridized carbons (Fsp3) is 0.469. The van der Waals surface area contributed by atoms with Gasteiger partial charge in [-0.1, -0.05) is 124 Å². The van der Waals surface area contributed by atoms with Crippen LogP contribution in [0.25, 0.3) is 11.1 Å². The molecule has 2 rings (SSSR count). The van der Waals surface area contributed by atoms with Crippen LogP contribution in [0.4, 0.5) is 0 Å². The van der Waals surface area contributed by atoms with E-state index in [2.05, 4.69) is 80.1 Å². The summed E-state index contributed by atoms with van der Waals surface area (Å²) in [4.78, 5) is 0. The van der Waals surface area contributed by atoms with Crippen LogP contribution in [-0.2, 0) is 12.8 Å². The predicted octanol–water partition coefficient (Wildman–Crippen LogP) is 9.02. The van der Waals surface area contributed by atoms with Crippen molar-refractivity contribution in [1.29, 1.82) is 10.5 Å². The van der Waals surface area contributed by atoms with Crippen LogP contribution in [0.1, 0.15) is 89.7 Å². The van der Waals surface area contributed by atoms with E-state index in [0.717, 1.165) is 19.3 Å². The summed E-state index contributed by atoms with van der Waals surface area (Å²) in [5.74, 6) is 3.93. The van der Waals surface area contributed by atoms with Crippen LogP contribution in [-0.4, -0.2) is 16.2 Å². The first-order chi connectivity index (χ1) is 17.5. The predicted molar refractivity (Wildman–Crippen MR) is 158 cm³/mol. The smallest absolute Gasteiger partial charge is 0.126 e. The molecule has 0 aliphatic rings. The highest BCUT2D eigenvalue weighted by atomic mass is 32.2. The minimum atomic E-state index is -0.360. The highest BCUT2D eigenvalue weighted by molar-refractivity contribution is 8.18. The van der Waals surface area contributed by atoms with Crippen molar-refractivity contribution in [2.24, 2.45) is 0 Å². The summed E-state index contributed by atoms with van der Waals surface area (Å²) in [7, 11) is -0.360. The highest BCUT2D eigenvalue weighted by Crippen LogP contribution is 2.24. The molecule has 0 aromatic heterocycles.